The first-order chi connectivity index (χ1) is 10.3. The monoisotopic (exact) mass is 306 g/mol. The molecule has 2 fully saturated rings. The number of thiazole rings is 1. The van der Waals surface area contributed by atoms with Crippen LogP contribution < -0.4 is 5.32 Å². The van der Waals surface area contributed by atoms with Crippen LogP contribution in [0.25, 0.3) is 0 Å². The third-order valence-corrected chi connectivity index (χ3v) is 6.37. The second kappa shape index (κ2) is 7.23. The van der Waals surface area contributed by atoms with Gasteiger partial charge in [0, 0.05) is 23.3 Å². The lowest BCUT2D eigenvalue weighted by Crippen LogP contribution is -2.13. The van der Waals surface area contributed by atoms with E-state index in [4.69, 9.17) is 4.98 Å². The highest BCUT2D eigenvalue weighted by molar-refractivity contribution is 7.11. The summed E-state index contributed by atoms with van der Waals surface area (Å²) in [5.74, 6) is 2.55. The van der Waals surface area contributed by atoms with Crippen LogP contribution in [0.15, 0.2) is 0 Å². The van der Waals surface area contributed by atoms with E-state index in [-0.39, 0.29) is 0 Å². The van der Waals surface area contributed by atoms with Gasteiger partial charge in [-0.05, 0) is 51.0 Å². The van der Waals surface area contributed by atoms with Crippen molar-refractivity contribution in [2.45, 2.75) is 83.6 Å². The predicted molar refractivity (Wildman–Crippen MR) is 91.1 cm³/mol. The molecule has 0 aliphatic heterocycles. The minimum atomic E-state index is 0.760. The molecular weight excluding hydrogens is 276 g/mol. The molecule has 21 heavy (non-hydrogen) atoms. The molecule has 3 rings (SSSR count). The minimum absolute atomic E-state index is 0.760. The summed E-state index contributed by atoms with van der Waals surface area (Å²) in [5.41, 5.74) is 1.45. The van der Waals surface area contributed by atoms with Gasteiger partial charge in [0.1, 0.15) is 0 Å². The highest BCUT2D eigenvalue weighted by Crippen LogP contribution is 2.45. The fourth-order valence-corrected chi connectivity index (χ4v) is 4.99. The summed E-state index contributed by atoms with van der Waals surface area (Å²) >= 11 is 2.02. The van der Waals surface area contributed by atoms with Crippen LogP contribution in [0.1, 0.15) is 92.6 Å². The number of hydrogen-bond acceptors (Lipinski definition) is 3. The summed E-state index contributed by atoms with van der Waals surface area (Å²) in [7, 11) is 0. The molecule has 0 amide bonds. The molecule has 0 atom stereocenters. The molecule has 2 saturated carbocycles. The van der Waals surface area contributed by atoms with Crippen LogP contribution in [0.2, 0.25) is 0 Å². The van der Waals surface area contributed by atoms with Gasteiger partial charge in [-0.3, -0.25) is 0 Å². The molecule has 1 N–H and O–H groups in total. The summed E-state index contributed by atoms with van der Waals surface area (Å²) in [6.45, 7) is 6.60. The van der Waals surface area contributed by atoms with E-state index in [1.165, 1.54) is 66.9 Å². The summed E-state index contributed by atoms with van der Waals surface area (Å²) < 4.78 is 0. The SMILES string of the molecule is CCCC1CCC(c2nc(C3CC3)c(CNCC)s2)CC1. The van der Waals surface area contributed by atoms with Gasteiger partial charge in [-0.1, -0.05) is 26.7 Å². The zero-order valence-corrected chi connectivity index (χ0v) is 14.5. The van der Waals surface area contributed by atoms with Crippen molar-refractivity contribution in [2.75, 3.05) is 6.54 Å². The van der Waals surface area contributed by atoms with Crippen molar-refractivity contribution in [3.63, 3.8) is 0 Å². The zero-order chi connectivity index (χ0) is 14.7. The maximum atomic E-state index is 5.10. The Labute approximate surface area is 133 Å². The highest BCUT2D eigenvalue weighted by atomic mass is 32.1. The molecule has 1 aromatic heterocycles. The van der Waals surface area contributed by atoms with Crippen molar-refractivity contribution in [2.24, 2.45) is 5.92 Å². The molecule has 0 aromatic carbocycles. The van der Waals surface area contributed by atoms with Crippen LogP contribution >= 0.6 is 11.3 Å². The lowest BCUT2D eigenvalue weighted by atomic mass is 9.80. The van der Waals surface area contributed by atoms with Crippen LogP contribution in [-0.2, 0) is 6.54 Å². The lowest BCUT2D eigenvalue weighted by molar-refractivity contribution is 0.308. The Morgan fingerprint density at radius 2 is 1.76 bits per heavy atom. The van der Waals surface area contributed by atoms with Gasteiger partial charge in [0.05, 0.1) is 10.7 Å². The normalized spacial score (nSPS) is 26.2. The molecule has 2 aliphatic rings. The summed E-state index contributed by atoms with van der Waals surface area (Å²) in [6, 6.07) is 0. The zero-order valence-electron chi connectivity index (χ0n) is 13.7. The topological polar surface area (TPSA) is 24.9 Å². The van der Waals surface area contributed by atoms with E-state index in [2.05, 4.69) is 19.2 Å². The molecule has 2 nitrogen and oxygen atoms in total. The average molecular weight is 307 g/mol. The Morgan fingerprint density at radius 1 is 1.05 bits per heavy atom. The maximum Gasteiger partial charge on any atom is 0.0962 e. The smallest absolute Gasteiger partial charge is 0.0962 e. The van der Waals surface area contributed by atoms with Gasteiger partial charge in [-0.25, -0.2) is 4.98 Å². The number of nitrogens with one attached hydrogen (secondary N) is 1. The Bertz CT molecular complexity index is 442. The van der Waals surface area contributed by atoms with E-state index in [0.29, 0.717) is 0 Å². The molecule has 0 saturated heterocycles. The quantitative estimate of drug-likeness (QED) is 0.748. The fraction of sp³-hybridized carbons (Fsp3) is 0.833. The molecule has 1 heterocycles. The molecule has 0 unspecified atom stereocenters. The second-order valence-electron chi connectivity index (χ2n) is 6.92. The number of rotatable bonds is 7. The van der Waals surface area contributed by atoms with Crippen molar-refractivity contribution in [1.82, 2.24) is 10.3 Å². The average Bonchev–Trinajstić information content (AvgIpc) is 3.26. The third kappa shape index (κ3) is 3.87. The maximum absolute atomic E-state index is 5.10. The van der Waals surface area contributed by atoms with E-state index < -0.39 is 0 Å². The van der Waals surface area contributed by atoms with Gasteiger partial charge >= 0.3 is 0 Å². The molecule has 0 spiro atoms. The lowest BCUT2D eigenvalue weighted by Gasteiger charge is -2.27. The Morgan fingerprint density at radius 3 is 2.38 bits per heavy atom. The van der Waals surface area contributed by atoms with Crippen LogP contribution in [0.4, 0.5) is 0 Å². The minimum Gasteiger partial charge on any atom is -0.312 e. The van der Waals surface area contributed by atoms with E-state index in [9.17, 15) is 0 Å². The first-order valence-corrected chi connectivity index (χ1v) is 9.83. The Hall–Kier alpha value is -0.410. The van der Waals surface area contributed by atoms with Crippen LogP contribution in [-0.4, -0.2) is 11.5 Å². The standard InChI is InChI=1S/C18H30N2S/c1-3-5-13-6-8-15(9-7-13)18-20-17(14-10-11-14)16(21-18)12-19-4-2/h13-15,19H,3-12H2,1-2H3. The van der Waals surface area contributed by atoms with Gasteiger partial charge in [0.15, 0.2) is 0 Å². The molecule has 1 aromatic rings. The second-order valence-corrected chi connectivity index (χ2v) is 8.04. The van der Waals surface area contributed by atoms with Gasteiger partial charge < -0.3 is 5.32 Å². The predicted octanol–water partition coefficient (Wildman–Crippen LogP) is 5.20. The number of aromatic nitrogens is 1. The fourth-order valence-electron chi connectivity index (χ4n) is 3.70. The largest absolute Gasteiger partial charge is 0.312 e. The van der Waals surface area contributed by atoms with Gasteiger partial charge in [-0.15, -0.1) is 11.3 Å². The third-order valence-electron chi connectivity index (χ3n) is 5.14. The first-order valence-electron chi connectivity index (χ1n) is 9.02. The number of hydrogen-bond donors (Lipinski definition) is 1. The Kier molecular flexibility index (Phi) is 5.33. The first kappa shape index (κ1) is 15.5. The van der Waals surface area contributed by atoms with Crippen molar-refractivity contribution in [3.05, 3.63) is 15.6 Å². The Balaban J connectivity index is 1.65. The van der Waals surface area contributed by atoms with Gasteiger partial charge in [0.25, 0.3) is 0 Å². The van der Waals surface area contributed by atoms with Crippen LogP contribution in [0.5, 0.6) is 0 Å². The van der Waals surface area contributed by atoms with Gasteiger partial charge in [0.2, 0.25) is 0 Å². The molecule has 2 aliphatic carbocycles. The molecular formula is C18H30N2S. The molecule has 0 bridgehead atoms. The van der Waals surface area contributed by atoms with Crippen molar-refractivity contribution >= 4 is 11.3 Å². The van der Waals surface area contributed by atoms with Crippen molar-refractivity contribution in [3.8, 4) is 0 Å². The highest BCUT2D eigenvalue weighted by Gasteiger charge is 2.31. The van der Waals surface area contributed by atoms with E-state index >= 15 is 0 Å². The van der Waals surface area contributed by atoms with E-state index in [1.807, 2.05) is 11.3 Å². The molecule has 3 heteroatoms. The van der Waals surface area contributed by atoms with Crippen molar-refractivity contribution in [1.29, 1.82) is 0 Å². The van der Waals surface area contributed by atoms with Crippen molar-refractivity contribution < 1.29 is 0 Å². The molecule has 118 valence electrons. The summed E-state index contributed by atoms with van der Waals surface area (Å²) in [5, 5.41) is 4.96. The summed E-state index contributed by atoms with van der Waals surface area (Å²) in [6.07, 6.45) is 11.1. The van der Waals surface area contributed by atoms with Crippen LogP contribution in [0, 0.1) is 5.92 Å². The van der Waals surface area contributed by atoms with Crippen LogP contribution in [0.3, 0.4) is 0 Å². The van der Waals surface area contributed by atoms with Gasteiger partial charge in [-0.2, -0.15) is 0 Å². The molecule has 0 radical (unpaired) electrons. The van der Waals surface area contributed by atoms with E-state index in [0.717, 1.165) is 30.8 Å². The summed E-state index contributed by atoms with van der Waals surface area (Å²) in [4.78, 5) is 6.63. The number of nitrogens with zero attached hydrogens (tertiary/aromatic N) is 1. The van der Waals surface area contributed by atoms with E-state index in [1.54, 1.807) is 0 Å².